The molecule has 4 heteroatoms. The van der Waals surface area contributed by atoms with E-state index in [1.165, 1.54) is 0 Å². The molecule has 0 radical (unpaired) electrons. The number of aromatic amines is 1. The molecule has 0 aliphatic carbocycles. The number of aryl methyl sites for hydroxylation is 1. The van der Waals surface area contributed by atoms with Gasteiger partial charge in [0, 0.05) is 12.3 Å². The maximum atomic E-state index is 11.7. The van der Waals surface area contributed by atoms with E-state index in [4.69, 9.17) is 11.6 Å². The Morgan fingerprint density at radius 3 is 2.88 bits per heavy atom. The Balaban J connectivity index is 2.31. The summed E-state index contributed by atoms with van der Waals surface area (Å²) in [6, 6.07) is 7.36. The van der Waals surface area contributed by atoms with Crippen molar-refractivity contribution in [3.63, 3.8) is 0 Å². The number of para-hydroxylation sites is 1. The number of benzene rings is 1. The van der Waals surface area contributed by atoms with Crippen LogP contribution in [0.15, 0.2) is 29.1 Å². The Morgan fingerprint density at radius 1 is 1.25 bits per heavy atom. The molecule has 16 heavy (non-hydrogen) atoms. The highest BCUT2D eigenvalue weighted by atomic mass is 35.5. The van der Waals surface area contributed by atoms with Crippen LogP contribution in [-0.4, -0.2) is 15.8 Å². The van der Waals surface area contributed by atoms with Gasteiger partial charge in [-0.3, -0.25) is 4.79 Å². The van der Waals surface area contributed by atoms with E-state index in [9.17, 15) is 4.79 Å². The van der Waals surface area contributed by atoms with E-state index >= 15 is 0 Å². The van der Waals surface area contributed by atoms with Crippen LogP contribution in [0.4, 0.5) is 0 Å². The van der Waals surface area contributed by atoms with Crippen LogP contribution < -0.4 is 5.56 Å². The first-order valence-electron chi connectivity index (χ1n) is 5.35. The third-order valence-corrected chi connectivity index (χ3v) is 2.73. The van der Waals surface area contributed by atoms with Crippen LogP contribution in [0.3, 0.4) is 0 Å². The number of nitrogens with zero attached hydrogens (tertiary/aromatic N) is 1. The summed E-state index contributed by atoms with van der Waals surface area (Å²) in [6.07, 6.45) is 2.66. The Morgan fingerprint density at radius 2 is 2.06 bits per heavy atom. The highest BCUT2D eigenvalue weighted by Crippen LogP contribution is 2.07. The number of alkyl halides is 1. The number of rotatable bonds is 4. The molecular weight excluding hydrogens is 224 g/mol. The van der Waals surface area contributed by atoms with E-state index in [1.54, 1.807) is 6.07 Å². The average Bonchev–Trinajstić information content (AvgIpc) is 2.30. The zero-order valence-electron chi connectivity index (χ0n) is 8.87. The van der Waals surface area contributed by atoms with Crippen LogP contribution in [0.5, 0.6) is 0 Å². The number of nitrogens with one attached hydrogen (secondary N) is 1. The molecule has 1 aromatic carbocycles. The molecule has 0 saturated heterocycles. The monoisotopic (exact) mass is 236 g/mol. The van der Waals surface area contributed by atoms with Crippen molar-refractivity contribution in [1.82, 2.24) is 9.97 Å². The molecule has 0 unspecified atom stereocenters. The summed E-state index contributed by atoms with van der Waals surface area (Å²) in [5, 5.41) is 0.642. The van der Waals surface area contributed by atoms with Crippen LogP contribution in [0.1, 0.15) is 18.7 Å². The lowest BCUT2D eigenvalue weighted by Crippen LogP contribution is -2.11. The molecule has 1 N–H and O–H groups in total. The van der Waals surface area contributed by atoms with E-state index in [0.717, 1.165) is 30.6 Å². The first-order chi connectivity index (χ1) is 7.81. The third-order valence-electron chi connectivity index (χ3n) is 2.46. The topological polar surface area (TPSA) is 45.8 Å². The predicted molar refractivity (Wildman–Crippen MR) is 66.0 cm³/mol. The van der Waals surface area contributed by atoms with Crippen molar-refractivity contribution >= 4 is 22.5 Å². The SMILES string of the molecule is O=c1[nH]c(CCCCCl)nc2ccccc12. The predicted octanol–water partition coefficient (Wildman–Crippen LogP) is 2.48. The van der Waals surface area contributed by atoms with Gasteiger partial charge in [-0.25, -0.2) is 4.98 Å². The highest BCUT2D eigenvalue weighted by Gasteiger charge is 2.02. The van der Waals surface area contributed by atoms with E-state index in [1.807, 2.05) is 18.2 Å². The van der Waals surface area contributed by atoms with Crippen LogP contribution in [-0.2, 0) is 6.42 Å². The standard InChI is InChI=1S/C12H13ClN2O/c13-8-4-3-7-11-14-10-6-2-1-5-9(10)12(16)15-11/h1-2,5-6H,3-4,7-8H2,(H,14,15,16). The third kappa shape index (κ3) is 2.42. The fourth-order valence-electron chi connectivity index (χ4n) is 1.64. The lowest BCUT2D eigenvalue weighted by molar-refractivity contribution is 0.757. The van der Waals surface area contributed by atoms with Gasteiger partial charge in [-0.15, -0.1) is 11.6 Å². The van der Waals surface area contributed by atoms with Gasteiger partial charge in [-0.05, 0) is 25.0 Å². The second-order valence-electron chi connectivity index (χ2n) is 3.68. The molecule has 0 amide bonds. The lowest BCUT2D eigenvalue weighted by atomic mass is 10.2. The number of halogens is 1. The number of H-pyrrole nitrogens is 1. The Kier molecular flexibility index (Phi) is 3.57. The van der Waals surface area contributed by atoms with E-state index < -0.39 is 0 Å². The summed E-state index contributed by atoms with van der Waals surface area (Å²) in [5.41, 5.74) is 0.693. The minimum absolute atomic E-state index is 0.0635. The van der Waals surface area contributed by atoms with Crippen LogP contribution >= 0.6 is 11.6 Å². The quantitative estimate of drug-likeness (QED) is 0.655. The summed E-state index contributed by atoms with van der Waals surface area (Å²) < 4.78 is 0. The molecule has 0 saturated carbocycles. The zero-order chi connectivity index (χ0) is 11.4. The van der Waals surface area contributed by atoms with Gasteiger partial charge in [-0.2, -0.15) is 0 Å². The summed E-state index contributed by atoms with van der Waals surface area (Å²) in [7, 11) is 0. The summed E-state index contributed by atoms with van der Waals surface area (Å²) >= 11 is 5.60. The summed E-state index contributed by atoms with van der Waals surface area (Å²) in [5.74, 6) is 1.39. The molecule has 0 atom stereocenters. The molecule has 0 aliphatic rings. The molecule has 3 nitrogen and oxygen atoms in total. The van der Waals surface area contributed by atoms with Gasteiger partial charge in [0.25, 0.3) is 5.56 Å². The number of unbranched alkanes of at least 4 members (excludes halogenated alkanes) is 1. The smallest absolute Gasteiger partial charge is 0.258 e. The number of aromatic nitrogens is 2. The van der Waals surface area contributed by atoms with Gasteiger partial charge in [-0.1, -0.05) is 12.1 Å². The van der Waals surface area contributed by atoms with Gasteiger partial charge in [0.05, 0.1) is 10.9 Å². The van der Waals surface area contributed by atoms with Gasteiger partial charge in [0.1, 0.15) is 5.82 Å². The number of hydrogen-bond donors (Lipinski definition) is 1. The van der Waals surface area contributed by atoms with E-state index in [-0.39, 0.29) is 5.56 Å². The maximum Gasteiger partial charge on any atom is 0.258 e. The maximum absolute atomic E-state index is 11.7. The van der Waals surface area contributed by atoms with Crippen LogP contribution in [0.2, 0.25) is 0 Å². The van der Waals surface area contributed by atoms with Gasteiger partial charge < -0.3 is 4.98 Å². The average molecular weight is 237 g/mol. The largest absolute Gasteiger partial charge is 0.310 e. The van der Waals surface area contributed by atoms with E-state index in [2.05, 4.69) is 9.97 Å². The first kappa shape index (κ1) is 11.1. The Labute approximate surface area is 98.5 Å². The van der Waals surface area contributed by atoms with Gasteiger partial charge in [0.2, 0.25) is 0 Å². The summed E-state index contributed by atoms with van der Waals surface area (Å²) in [6.45, 7) is 0. The highest BCUT2D eigenvalue weighted by molar-refractivity contribution is 6.17. The molecule has 1 heterocycles. The molecule has 1 aromatic heterocycles. The Bertz CT molecular complexity index is 536. The fraction of sp³-hybridized carbons (Fsp3) is 0.333. The van der Waals surface area contributed by atoms with Crippen LogP contribution in [0.25, 0.3) is 10.9 Å². The Hall–Kier alpha value is -1.35. The molecular formula is C12H13ClN2O. The van der Waals surface area contributed by atoms with Gasteiger partial charge in [0.15, 0.2) is 0 Å². The molecule has 0 spiro atoms. The van der Waals surface area contributed by atoms with Crippen LogP contribution in [0, 0.1) is 0 Å². The zero-order valence-corrected chi connectivity index (χ0v) is 9.63. The molecule has 0 fully saturated rings. The molecule has 2 rings (SSSR count). The first-order valence-corrected chi connectivity index (χ1v) is 5.88. The van der Waals surface area contributed by atoms with Crippen molar-refractivity contribution in [1.29, 1.82) is 0 Å². The molecule has 2 aromatic rings. The van der Waals surface area contributed by atoms with Crippen molar-refractivity contribution in [2.75, 3.05) is 5.88 Å². The summed E-state index contributed by atoms with van der Waals surface area (Å²) in [4.78, 5) is 18.9. The van der Waals surface area contributed by atoms with Crippen molar-refractivity contribution in [2.45, 2.75) is 19.3 Å². The molecule has 0 bridgehead atoms. The number of fused-ring (bicyclic) bond motifs is 1. The number of hydrogen-bond acceptors (Lipinski definition) is 2. The minimum Gasteiger partial charge on any atom is -0.310 e. The van der Waals surface area contributed by atoms with Crippen molar-refractivity contribution in [3.8, 4) is 0 Å². The fourth-order valence-corrected chi connectivity index (χ4v) is 1.83. The van der Waals surface area contributed by atoms with Gasteiger partial charge >= 0.3 is 0 Å². The van der Waals surface area contributed by atoms with Crippen molar-refractivity contribution in [3.05, 3.63) is 40.4 Å². The molecule has 84 valence electrons. The van der Waals surface area contributed by atoms with E-state index in [0.29, 0.717) is 11.3 Å². The molecule has 0 aliphatic heterocycles. The van der Waals surface area contributed by atoms with Crippen molar-refractivity contribution in [2.24, 2.45) is 0 Å². The minimum atomic E-state index is -0.0635. The van der Waals surface area contributed by atoms with Crippen molar-refractivity contribution < 1.29 is 0 Å². The lowest BCUT2D eigenvalue weighted by Gasteiger charge is -2.01. The second kappa shape index (κ2) is 5.12. The second-order valence-corrected chi connectivity index (χ2v) is 4.05. The normalized spacial score (nSPS) is 10.8.